The molecular formula is C16H24BrN. The van der Waals surface area contributed by atoms with Crippen LogP contribution in [0.5, 0.6) is 0 Å². The molecule has 1 aliphatic carbocycles. The molecule has 0 radical (unpaired) electrons. The lowest BCUT2D eigenvalue weighted by Crippen LogP contribution is -2.25. The molecule has 2 heteroatoms. The zero-order valence-corrected chi connectivity index (χ0v) is 13.1. The highest BCUT2D eigenvalue weighted by molar-refractivity contribution is 9.10. The predicted molar refractivity (Wildman–Crippen MR) is 81.9 cm³/mol. The van der Waals surface area contributed by atoms with Crippen molar-refractivity contribution in [1.29, 1.82) is 0 Å². The second-order valence-corrected chi connectivity index (χ2v) is 6.38. The number of benzene rings is 1. The minimum atomic E-state index is 0.523. The lowest BCUT2D eigenvalue weighted by Gasteiger charge is -2.26. The molecule has 1 saturated carbocycles. The normalized spacial score (nSPS) is 19.5. The standard InChI is InChI=1S/C16H24BrN/c1-12-11-14(9-10-15(12)17)16(18-2)13-7-5-3-4-6-8-13/h9-11,13,16,18H,3-8H2,1-2H3. The SMILES string of the molecule is CNC(c1ccc(Br)c(C)c1)C1CCCCCC1. The fourth-order valence-corrected chi connectivity index (χ4v) is 3.43. The van der Waals surface area contributed by atoms with Crippen molar-refractivity contribution >= 4 is 15.9 Å². The fourth-order valence-electron chi connectivity index (χ4n) is 3.18. The summed E-state index contributed by atoms with van der Waals surface area (Å²) in [6, 6.07) is 7.31. The van der Waals surface area contributed by atoms with E-state index in [1.807, 2.05) is 0 Å². The van der Waals surface area contributed by atoms with Crippen molar-refractivity contribution in [1.82, 2.24) is 5.32 Å². The summed E-state index contributed by atoms with van der Waals surface area (Å²) in [5, 5.41) is 3.55. The summed E-state index contributed by atoms with van der Waals surface area (Å²) in [5.41, 5.74) is 2.78. The quantitative estimate of drug-likeness (QED) is 0.776. The van der Waals surface area contributed by atoms with E-state index in [2.05, 4.69) is 53.4 Å². The van der Waals surface area contributed by atoms with E-state index in [1.165, 1.54) is 54.1 Å². The molecule has 1 N–H and O–H groups in total. The Morgan fingerprint density at radius 1 is 1.17 bits per heavy atom. The van der Waals surface area contributed by atoms with Crippen LogP contribution in [0.15, 0.2) is 22.7 Å². The minimum Gasteiger partial charge on any atom is -0.313 e. The van der Waals surface area contributed by atoms with Gasteiger partial charge in [-0.05, 0) is 49.9 Å². The molecule has 0 spiro atoms. The first-order valence-electron chi connectivity index (χ1n) is 7.15. The number of hydrogen-bond acceptors (Lipinski definition) is 1. The van der Waals surface area contributed by atoms with E-state index in [9.17, 15) is 0 Å². The highest BCUT2D eigenvalue weighted by Gasteiger charge is 2.22. The van der Waals surface area contributed by atoms with Crippen LogP contribution in [0.3, 0.4) is 0 Å². The molecule has 2 rings (SSSR count). The lowest BCUT2D eigenvalue weighted by atomic mass is 9.87. The fraction of sp³-hybridized carbons (Fsp3) is 0.625. The van der Waals surface area contributed by atoms with Gasteiger partial charge >= 0.3 is 0 Å². The Labute approximate surface area is 119 Å². The Bertz CT molecular complexity index is 381. The molecule has 100 valence electrons. The van der Waals surface area contributed by atoms with Crippen LogP contribution in [0, 0.1) is 12.8 Å². The van der Waals surface area contributed by atoms with Gasteiger partial charge in [-0.15, -0.1) is 0 Å². The Morgan fingerprint density at radius 3 is 2.39 bits per heavy atom. The molecule has 1 aliphatic rings. The molecule has 1 atom stereocenters. The van der Waals surface area contributed by atoms with Crippen molar-refractivity contribution in [3.8, 4) is 0 Å². The Kier molecular flexibility index (Phi) is 5.25. The first kappa shape index (κ1) is 14.1. The van der Waals surface area contributed by atoms with E-state index in [4.69, 9.17) is 0 Å². The third-order valence-corrected chi connectivity index (χ3v) is 5.11. The smallest absolute Gasteiger partial charge is 0.0346 e. The van der Waals surface area contributed by atoms with Crippen molar-refractivity contribution in [2.45, 2.75) is 51.5 Å². The van der Waals surface area contributed by atoms with Gasteiger partial charge in [0.25, 0.3) is 0 Å². The monoisotopic (exact) mass is 309 g/mol. The number of halogens is 1. The van der Waals surface area contributed by atoms with E-state index < -0.39 is 0 Å². The lowest BCUT2D eigenvalue weighted by molar-refractivity contribution is 0.341. The summed E-state index contributed by atoms with van der Waals surface area (Å²) in [6.45, 7) is 2.17. The number of aryl methyl sites for hydroxylation is 1. The van der Waals surface area contributed by atoms with Crippen molar-refractivity contribution < 1.29 is 0 Å². The van der Waals surface area contributed by atoms with Crippen molar-refractivity contribution in [2.24, 2.45) is 5.92 Å². The first-order valence-corrected chi connectivity index (χ1v) is 7.95. The van der Waals surface area contributed by atoms with Gasteiger partial charge in [0.05, 0.1) is 0 Å². The summed E-state index contributed by atoms with van der Waals surface area (Å²) in [6.07, 6.45) is 8.40. The van der Waals surface area contributed by atoms with Gasteiger partial charge in [-0.1, -0.05) is 53.7 Å². The van der Waals surface area contributed by atoms with Crippen LogP contribution in [0.25, 0.3) is 0 Å². The van der Waals surface area contributed by atoms with E-state index in [0.29, 0.717) is 6.04 Å². The van der Waals surface area contributed by atoms with Gasteiger partial charge in [-0.2, -0.15) is 0 Å². The van der Waals surface area contributed by atoms with Crippen LogP contribution >= 0.6 is 15.9 Å². The van der Waals surface area contributed by atoms with Crippen molar-refractivity contribution in [3.05, 3.63) is 33.8 Å². The van der Waals surface area contributed by atoms with Crippen LogP contribution in [-0.2, 0) is 0 Å². The molecule has 18 heavy (non-hydrogen) atoms. The summed E-state index contributed by atoms with van der Waals surface area (Å²) in [4.78, 5) is 0. The predicted octanol–water partition coefficient (Wildman–Crippen LogP) is 4.99. The maximum Gasteiger partial charge on any atom is 0.0346 e. The number of nitrogens with one attached hydrogen (secondary N) is 1. The van der Waals surface area contributed by atoms with Crippen LogP contribution in [0.4, 0.5) is 0 Å². The summed E-state index contributed by atoms with van der Waals surface area (Å²) in [5.74, 6) is 0.804. The highest BCUT2D eigenvalue weighted by atomic mass is 79.9. The first-order chi connectivity index (χ1) is 8.72. The van der Waals surface area contributed by atoms with Crippen LogP contribution < -0.4 is 5.32 Å². The van der Waals surface area contributed by atoms with Crippen molar-refractivity contribution in [3.63, 3.8) is 0 Å². The second kappa shape index (κ2) is 6.72. The largest absolute Gasteiger partial charge is 0.313 e. The molecule has 1 aromatic carbocycles. The molecule has 1 fully saturated rings. The average molecular weight is 310 g/mol. The zero-order valence-electron chi connectivity index (χ0n) is 11.5. The topological polar surface area (TPSA) is 12.0 Å². The molecule has 0 aromatic heterocycles. The van der Waals surface area contributed by atoms with Crippen LogP contribution in [0.2, 0.25) is 0 Å². The van der Waals surface area contributed by atoms with Crippen molar-refractivity contribution in [2.75, 3.05) is 7.05 Å². The Morgan fingerprint density at radius 2 is 1.83 bits per heavy atom. The third-order valence-electron chi connectivity index (χ3n) is 4.22. The molecule has 0 amide bonds. The van der Waals surface area contributed by atoms with E-state index >= 15 is 0 Å². The molecule has 1 aromatic rings. The van der Waals surface area contributed by atoms with Gasteiger partial charge in [-0.25, -0.2) is 0 Å². The average Bonchev–Trinajstić information content (AvgIpc) is 2.64. The van der Waals surface area contributed by atoms with E-state index in [0.717, 1.165) is 5.92 Å². The van der Waals surface area contributed by atoms with Gasteiger partial charge in [0.15, 0.2) is 0 Å². The molecular weight excluding hydrogens is 286 g/mol. The maximum absolute atomic E-state index is 3.59. The maximum atomic E-state index is 3.59. The second-order valence-electron chi connectivity index (χ2n) is 5.53. The van der Waals surface area contributed by atoms with Gasteiger partial charge in [0, 0.05) is 10.5 Å². The number of hydrogen-bond donors (Lipinski definition) is 1. The number of rotatable bonds is 3. The van der Waals surface area contributed by atoms with Gasteiger partial charge in [0.2, 0.25) is 0 Å². The van der Waals surface area contributed by atoms with E-state index in [-0.39, 0.29) is 0 Å². The summed E-state index contributed by atoms with van der Waals surface area (Å²) < 4.78 is 1.21. The van der Waals surface area contributed by atoms with Gasteiger partial charge < -0.3 is 5.32 Å². The van der Waals surface area contributed by atoms with Gasteiger partial charge in [0.1, 0.15) is 0 Å². The van der Waals surface area contributed by atoms with Crippen LogP contribution in [0.1, 0.15) is 55.7 Å². The van der Waals surface area contributed by atoms with Crippen LogP contribution in [-0.4, -0.2) is 7.05 Å². The summed E-state index contributed by atoms with van der Waals surface area (Å²) >= 11 is 3.59. The van der Waals surface area contributed by atoms with Gasteiger partial charge in [-0.3, -0.25) is 0 Å². The molecule has 0 heterocycles. The molecule has 1 unspecified atom stereocenters. The molecule has 1 nitrogen and oxygen atoms in total. The minimum absolute atomic E-state index is 0.523. The molecule has 0 aliphatic heterocycles. The molecule has 0 saturated heterocycles. The molecule has 0 bridgehead atoms. The highest BCUT2D eigenvalue weighted by Crippen LogP contribution is 2.34. The van der Waals surface area contributed by atoms with E-state index in [1.54, 1.807) is 0 Å². The summed E-state index contributed by atoms with van der Waals surface area (Å²) in [7, 11) is 2.10. The Balaban J connectivity index is 2.17. The Hall–Kier alpha value is -0.340. The zero-order chi connectivity index (χ0) is 13.0. The third kappa shape index (κ3) is 3.36.